The van der Waals surface area contributed by atoms with Crippen molar-refractivity contribution in [1.82, 2.24) is 5.32 Å². The number of hydrogen-bond acceptors (Lipinski definition) is 2. The van der Waals surface area contributed by atoms with E-state index in [2.05, 4.69) is 5.32 Å². The molecule has 0 bridgehead atoms. The van der Waals surface area contributed by atoms with E-state index in [1.807, 2.05) is 13.0 Å². The molecule has 0 radical (unpaired) electrons. The van der Waals surface area contributed by atoms with E-state index in [0.29, 0.717) is 10.7 Å². The molecule has 1 heterocycles. The lowest BCUT2D eigenvalue weighted by Crippen LogP contribution is -2.46. The molecule has 1 aromatic carbocycles. The second-order valence-corrected chi connectivity index (χ2v) is 5.89. The van der Waals surface area contributed by atoms with Crippen molar-refractivity contribution in [3.05, 3.63) is 28.8 Å². The molecule has 1 saturated carbocycles. The van der Waals surface area contributed by atoms with E-state index < -0.39 is 5.54 Å². The summed E-state index contributed by atoms with van der Waals surface area (Å²) >= 11 is 6.06. The number of nitrogens with one attached hydrogen (secondary N) is 1. The molecule has 4 nitrogen and oxygen atoms in total. The number of nitrogens with zero attached hydrogens (tertiary/aromatic N) is 1. The van der Waals surface area contributed by atoms with E-state index in [0.717, 1.165) is 18.4 Å². The molecule has 3 amide bonds. The third-order valence-corrected chi connectivity index (χ3v) is 4.43. The molecule has 1 aliphatic carbocycles. The van der Waals surface area contributed by atoms with Crippen molar-refractivity contribution < 1.29 is 9.59 Å². The molecule has 3 rings (SSSR count). The first kappa shape index (κ1) is 12.5. The summed E-state index contributed by atoms with van der Waals surface area (Å²) in [6.07, 6.45) is 1.98. The van der Waals surface area contributed by atoms with Gasteiger partial charge in [-0.05, 0) is 50.3 Å². The number of urea groups is 1. The zero-order valence-corrected chi connectivity index (χ0v) is 11.6. The van der Waals surface area contributed by atoms with Crippen molar-refractivity contribution >= 4 is 29.2 Å². The van der Waals surface area contributed by atoms with E-state index in [-0.39, 0.29) is 17.9 Å². The first-order valence-corrected chi connectivity index (χ1v) is 6.74. The Kier molecular flexibility index (Phi) is 2.61. The lowest BCUT2D eigenvalue weighted by Gasteiger charge is -2.21. The summed E-state index contributed by atoms with van der Waals surface area (Å²) in [5, 5.41) is 3.37. The van der Waals surface area contributed by atoms with Gasteiger partial charge in [0.15, 0.2) is 0 Å². The summed E-state index contributed by atoms with van der Waals surface area (Å²) in [7, 11) is 0. The number of rotatable bonds is 2. The van der Waals surface area contributed by atoms with Gasteiger partial charge in [0.1, 0.15) is 5.54 Å². The predicted octanol–water partition coefficient (Wildman–Crippen LogP) is 2.87. The first-order valence-electron chi connectivity index (χ1n) is 6.36. The van der Waals surface area contributed by atoms with Crippen molar-refractivity contribution in [2.75, 3.05) is 4.90 Å². The van der Waals surface area contributed by atoms with Gasteiger partial charge in [0, 0.05) is 5.02 Å². The molecule has 1 N–H and O–H groups in total. The van der Waals surface area contributed by atoms with E-state index in [9.17, 15) is 9.59 Å². The fourth-order valence-electron chi connectivity index (χ4n) is 2.55. The summed E-state index contributed by atoms with van der Waals surface area (Å²) in [6, 6.07) is 4.86. The summed E-state index contributed by atoms with van der Waals surface area (Å²) in [6.45, 7) is 3.69. The maximum Gasteiger partial charge on any atom is 0.329 e. The molecular formula is C14H15ClN2O2. The van der Waals surface area contributed by atoms with Crippen molar-refractivity contribution in [1.29, 1.82) is 0 Å². The highest BCUT2D eigenvalue weighted by molar-refractivity contribution is 6.32. The van der Waals surface area contributed by atoms with E-state index in [1.165, 1.54) is 4.90 Å². The van der Waals surface area contributed by atoms with Crippen LogP contribution in [-0.4, -0.2) is 17.5 Å². The molecule has 1 aromatic rings. The number of benzene rings is 1. The Hall–Kier alpha value is -1.55. The van der Waals surface area contributed by atoms with Crippen LogP contribution in [-0.2, 0) is 4.79 Å². The maximum absolute atomic E-state index is 12.5. The van der Waals surface area contributed by atoms with Crippen LogP contribution in [0.3, 0.4) is 0 Å². The van der Waals surface area contributed by atoms with Crippen LogP contribution in [0.5, 0.6) is 0 Å². The molecule has 100 valence electrons. The molecular weight excluding hydrogens is 264 g/mol. The van der Waals surface area contributed by atoms with Crippen LogP contribution in [0.4, 0.5) is 10.5 Å². The Morgan fingerprint density at radius 1 is 1.37 bits per heavy atom. The van der Waals surface area contributed by atoms with Gasteiger partial charge in [0.05, 0.1) is 5.69 Å². The first-order chi connectivity index (χ1) is 8.93. The molecule has 2 aliphatic rings. The largest absolute Gasteiger partial charge is 0.329 e. The van der Waals surface area contributed by atoms with Crippen LogP contribution >= 0.6 is 11.6 Å². The number of carbonyl (C=O) groups excluding carboxylic acids is 2. The van der Waals surface area contributed by atoms with E-state index >= 15 is 0 Å². The van der Waals surface area contributed by atoms with E-state index in [4.69, 9.17) is 11.6 Å². The predicted molar refractivity (Wildman–Crippen MR) is 73.3 cm³/mol. The Morgan fingerprint density at radius 2 is 2.05 bits per heavy atom. The second kappa shape index (κ2) is 3.97. The second-order valence-electron chi connectivity index (χ2n) is 5.48. The molecule has 19 heavy (non-hydrogen) atoms. The maximum atomic E-state index is 12.5. The molecule has 5 heteroatoms. The van der Waals surface area contributed by atoms with Crippen LogP contribution in [0.2, 0.25) is 5.02 Å². The molecule has 1 atom stereocenters. The average Bonchev–Trinajstić information content (AvgIpc) is 3.15. The van der Waals surface area contributed by atoms with Gasteiger partial charge >= 0.3 is 6.03 Å². The standard InChI is InChI=1S/C14H15ClN2O2/c1-8-3-6-10(7-11(8)15)17-12(18)14(2,9-4-5-9)16-13(17)19/h3,6-7,9H,4-5H2,1-2H3,(H,16,19). The summed E-state index contributed by atoms with van der Waals surface area (Å²) in [5.74, 6) is 0.0785. The minimum absolute atomic E-state index is 0.181. The molecule has 1 unspecified atom stereocenters. The van der Waals surface area contributed by atoms with Gasteiger partial charge in [-0.25, -0.2) is 9.69 Å². The Morgan fingerprint density at radius 3 is 2.63 bits per heavy atom. The van der Waals surface area contributed by atoms with Crippen molar-refractivity contribution in [2.45, 2.75) is 32.2 Å². The Labute approximate surface area is 116 Å². The summed E-state index contributed by atoms with van der Waals surface area (Å²) in [4.78, 5) is 25.8. The zero-order chi connectivity index (χ0) is 13.8. The van der Waals surface area contributed by atoms with Gasteiger partial charge in [-0.15, -0.1) is 0 Å². The Balaban J connectivity index is 1.98. The molecule has 0 spiro atoms. The minimum atomic E-state index is -0.756. The van der Waals surface area contributed by atoms with Crippen molar-refractivity contribution in [3.63, 3.8) is 0 Å². The van der Waals surface area contributed by atoms with Gasteiger partial charge in [-0.3, -0.25) is 4.79 Å². The highest BCUT2D eigenvalue weighted by Gasteiger charge is 2.56. The molecule has 0 aromatic heterocycles. The zero-order valence-electron chi connectivity index (χ0n) is 10.9. The monoisotopic (exact) mass is 278 g/mol. The fourth-order valence-corrected chi connectivity index (χ4v) is 2.72. The number of anilines is 1. The lowest BCUT2D eigenvalue weighted by atomic mass is 9.96. The topological polar surface area (TPSA) is 49.4 Å². The third-order valence-electron chi connectivity index (χ3n) is 4.02. The highest BCUT2D eigenvalue weighted by atomic mass is 35.5. The number of aryl methyl sites for hydroxylation is 1. The van der Waals surface area contributed by atoms with Crippen molar-refractivity contribution in [2.24, 2.45) is 5.92 Å². The number of hydrogen-bond donors (Lipinski definition) is 1. The van der Waals surface area contributed by atoms with Gasteiger partial charge in [0.25, 0.3) is 5.91 Å². The van der Waals surface area contributed by atoms with Crippen molar-refractivity contribution in [3.8, 4) is 0 Å². The van der Waals surface area contributed by atoms with Gasteiger partial charge in [-0.2, -0.15) is 0 Å². The lowest BCUT2D eigenvalue weighted by molar-refractivity contribution is -0.122. The van der Waals surface area contributed by atoms with Gasteiger partial charge in [-0.1, -0.05) is 17.7 Å². The number of halogens is 1. The normalized spacial score (nSPS) is 26.8. The van der Waals surface area contributed by atoms with Crippen LogP contribution < -0.4 is 10.2 Å². The van der Waals surface area contributed by atoms with Crippen LogP contribution in [0, 0.1) is 12.8 Å². The number of amides is 3. The van der Waals surface area contributed by atoms with Gasteiger partial charge < -0.3 is 5.32 Å². The smallest absolute Gasteiger partial charge is 0.323 e. The quantitative estimate of drug-likeness (QED) is 0.846. The Bertz CT molecular complexity index is 583. The number of carbonyl (C=O) groups is 2. The van der Waals surface area contributed by atoms with Crippen LogP contribution in [0.1, 0.15) is 25.3 Å². The van der Waals surface area contributed by atoms with E-state index in [1.54, 1.807) is 19.1 Å². The molecule has 1 saturated heterocycles. The average molecular weight is 279 g/mol. The SMILES string of the molecule is Cc1ccc(N2C(=O)NC(C)(C3CC3)C2=O)cc1Cl. The van der Waals surface area contributed by atoms with Gasteiger partial charge in [0.2, 0.25) is 0 Å². The number of imide groups is 1. The summed E-state index contributed by atoms with van der Waals surface area (Å²) < 4.78 is 0. The fraction of sp³-hybridized carbons (Fsp3) is 0.429. The van der Waals surface area contributed by atoms with Crippen LogP contribution in [0.15, 0.2) is 18.2 Å². The molecule has 2 fully saturated rings. The minimum Gasteiger partial charge on any atom is -0.323 e. The third kappa shape index (κ3) is 1.82. The van der Waals surface area contributed by atoms with Crippen LogP contribution in [0.25, 0.3) is 0 Å². The highest BCUT2D eigenvalue weighted by Crippen LogP contribution is 2.43. The molecule has 1 aliphatic heterocycles. The summed E-state index contributed by atoms with van der Waals surface area (Å²) in [5.41, 5.74) is 0.693.